The molecule has 0 heterocycles. The molecule has 0 aromatic rings. The average molecular weight is 289 g/mol. The number of nitrogens with zero attached hydrogens (tertiary/aromatic N) is 1. The highest BCUT2D eigenvalue weighted by atomic mass is 28.4. The minimum Gasteiger partial charge on any atom is -0.455 e. The molecule has 0 fully saturated rings. The largest absolute Gasteiger partial charge is 0.705 e. The molecule has 19 heavy (non-hydrogen) atoms. The molecule has 0 unspecified atom stereocenters. The zero-order valence-electron chi connectivity index (χ0n) is 10.9. The Morgan fingerprint density at radius 1 is 1.00 bits per heavy atom. The first-order valence-electron chi connectivity index (χ1n) is 5.43. The van der Waals surface area contributed by atoms with Crippen molar-refractivity contribution in [3.8, 4) is 0 Å². The maximum absolute atomic E-state index is 11.1. The number of hydrogen-bond acceptors (Lipinski definition) is 8. The summed E-state index contributed by atoms with van der Waals surface area (Å²) < 4.78 is 14.7. The second-order valence-corrected chi connectivity index (χ2v) is 6.02. The third kappa shape index (κ3) is 7.85. The second kappa shape index (κ2) is 8.17. The zero-order chi connectivity index (χ0) is 14.9. The molecule has 0 N–H and O–H groups in total. The molecule has 0 rings (SSSR count). The number of aliphatic imine (C=N–C) groups is 1. The van der Waals surface area contributed by atoms with E-state index in [4.69, 9.17) is 13.3 Å². The van der Waals surface area contributed by atoms with Gasteiger partial charge < -0.3 is 13.3 Å². The first kappa shape index (κ1) is 17.0. The van der Waals surface area contributed by atoms with Crippen LogP contribution >= 0.6 is 0 Å². The number of isocyanates is 1. The summed E-state index contributed by atoms with van der Waals surface area (Å²) in [6.45, 7) is 3.43. The summed E-state index contributed by atoms with van der Waals surface area (Å²) in [4.78, 5) is 46.4. The number of carbonyl (C=O) groups excluding carboxylic acids is 4. The Labute approximate surface area is 111 Å². The van der Waals surface area contributed by atoms with E-state index in [-0.39, 0.29) is 19.0 Å². The van der Waals surface area contributed by atoms with E-state index in [2.05, 4.69) is 4.99 Å². The van der Waals surface area contributed by atoms with Gasteiger partial charge in [-0.1, -0.05) is 0 Å². The molecule has 0 bridgehead atoms. The normalized spacial score (nSPS) is 10.1. The number of carbonyl (C=O) groups is 3. The van der Waals surface area contributed by atoms with Crippen LogP contribution in [0, 0.1) is 0 Å². The molecule has 0 radical (unpaired) electrons. The van der Waals surface area contributed by atoms with Crippen molar-refractivity contribution in [1.82, 2.24) is 0 Å². The fraction of sp³-hybridized carbons (Fsp3) is 0.600. The van der Waals surface area contributed by atoms with Gasteiger partial charge in [0.2, 0.25) is 6.08 Å². The van der Waals surface area contributed by atoms with Gasteiger partial charge in [-0.3, -0.25) is 14.4 Å². The Bertz CT molecular complexity index is 362. The molecule has 0 amide bonds. The lowest BCUT2D eigenvalue weighted by atomic mass is 10.5. The predicted molar refractivity (Wildman–Crippen MR) is 63.5 cm³/mol. The molecule has 0 saturated heterocycles. The highest BCUT2D eigenvalue weighted by Crippen LogP contribution is 2.19. The Morgan fingerprint density at radius 2 is 1.42 bits per heavy atom. The maximum atomic E-state index is 11.1. The Hall–Kier alpha value is -1.99. The Kier molecular flexibility index (Phi) is 7.31. The van der Waals surface area contributed by atoms with Crippen molar-refractivity contribution >= 4 is 32.8 Å². The highest BCUT2D eigenvalue weighted by molar-refractivity contribution is 6.65. The van der Waals surface area contributed by atoms with Gasteiger partial charge in [-0.15, -0.1) is 0 Å². The number of rotatable bonds is 7. The molecule has 0 aliphatic heterocycles. The van der Waals surface area contributed by atoms with Crippen LogP contribution in [0.2, 0.25) is 6.04 Å². The minimum atomic E-state index is -3.77. The average Bonchev–Trinajstić information content (AvgIpc) is 2.21. The first-order chi connectivity index (χ1) is 8.81. The van der Waals surface area contributed by atoms with Crippen LogP contribution in [0.25, 0.3) is 0 Å². The molecule has 0 saturated carbocycles. The zero-order valence-corrected chi connectivity index (χ0v) is 11.9. The molecular weight excluding hydrogens is 274 g/mol. The van der Waals surface area contributed by atoms with E-state index < -0.39 is 26.7 Å². The van der Waals surface area contributed by atoms with Crippen LogP contribution in [0.4, 0.5) is 0 Å². The predicted octanol–water partition coefficient (Wildman–Crippen LogP) is 0.340. The van der Waals surface area contributed by atoms with Crippen LogP contribution in [0.1, 0.15) is 27.2 Å². The maximum Gasteiger partial charge on any atom is 0.705 e. The first-order valence-corrected chi connectivity index (χ1v) is 7.37. The molecule has 0 aromatic carbocycles. The fourth-order valence-electron chi connectivity index (χ4n) is 1.29. The lowest BCUT2D eigenvalue weighted by molar-refractivity contribution is -0.147. The van der Waals surface area contributed by atoms with Crippen molar-refractivity contribution in [2.45, 2.75) is 33.2 Å². The SMILES string of the molecule is CC(=O)O[Si](CCCN=C=O)(OC(C)=O)OC(C)=O. The smallest absolute Gasteiger partial charge is 0.455 e. The monoisotopic (exact) mass is 289 g/mol. The molecule has 106 valence electrons. The van der Waals surface area contributed by atoms with Crippen molar-refractivity contribution in [1.29, 1.82) is 0 Å². The van der Waals surface area contributed by atoms with Crippen LogP contribution in [0.5, 0.6) is 0 Å². The molecule has 0 aliphatic rings. The van der Waals surface area contributed by atoms with Gasteiger partial charge in [0.25, 0.3) is 17.9 Å². The van der Waals surface area contributed by atoms with E-state index in [1.165, 1.54) is 6.08 Å². The molecular formula is C10H15NO7Si. The summed E-state index contributed by atoms with van der Waals surface area (Å²) in [5, 5.41) is 0. The van der Waals surface area contributed by atoms with E-state index >= 15 is 0 Å². The Balaban J connectivity index is 4.97. The van der Waals surface area contributed by atoms with Crippen LogP contribution in [-0.4, -0.2) is 39.3 Å². The topological polar surface area (TPSA) is 108 Å². The van der Waals surface area contributed by atoms with Gasteiger partial charge in [-0.05, 0) is 6.42 Å². The van der Waals surface area contributed by atoms with Crippen LogP contribution in [0.3, 0.4) is 0 Å². The lowest BCUT2D eigenvalue weighted by Gasteiger charge is -2.25. The minimum absolute atomic E-state index is 0.00306. The quantitative estimate of drug-likeness (QED) is 0.288. The van der Waals surface area contributed by atoms with E-state index in [9.17, 15) is 19.2 Å². The third-order valence-electron chi connectivity index (χ3n) is 1.72. The van der Waals surface area contributed by atoms with Crippen molar-refractivity contribution in [2.75, 3.05) is 6.54 Å². The molecule has 8 nitrogen and oxygen atoms in total. The molecule has 0 atom stereocenters. The lowest BCUT2D eigenvalue weighted by Crippen LogP contribution is -2.49. The summed E-state index contributed by atoms with van der Waals surface area (Å²) in [5.74, 6) is -2.19. The fourth-order valence-corrected chi connectivity index (χ4v) is 3.63. The summed E-state index contributed by atoms with van der Waals surface area (Å²) in [5.41, 5.74) is 0. The summed E-state index contributed by atoms with van der Waals surface area (Å²) in [7, 11) is -3.77. The molecule has 0 aliphatic carbocycles. The van der Waals surface area contributed by atoms with E-state index in [0.29, 0.717) is 0 Å². The summed E-state index contributed by atoms with van der Waals surface area (Å²) in [6, 6.07) is -0.00306. The van der Waals surface area contributed by atoms with Gasteiger partial charge >= 0.3 is 8.80 Å². The van der Waals surface area contributed by atoms with E-state index in [1.54, 1.807) is 0 Å². The van der Waals surface area contributed by atoms with Crippen molar-refractivity contribution < 1.29 is 32.5 Å². The summed E-state index contributed by atoms with van der Waals surface area (Å²) in [6.07, 6.45) is 1.59. The van der Waals surface area contributed by atoms with Crippen molar-refractivity contribution in [3.05, 3.63) is 0 Å². The highest BCUT2D eigenvalue weighted by Gasteiger charge is 2.51. The van der Waals surface area contributed by atoms with Gasteiger partial charge in [0.1, 0.15) is 0 Å². The molecule has 0 spiro atoms. The van der Waals surface area contributed by atoms with Gasteiger partial charge in [-0.2, -0.15) is 0 Å². The van der Waals surface area contributed by atoms with Crippen LogP contribution in [0.15, 0.2) is 4.99 Å². The van der Waals surface area contributed by atoms with Crippen molar-refractivity contribution in [2.24, 2.45) is 4.99 Å². The van der Waals surface area contributed by atoms with E-state index in [1.807, 2.05) is 0 Å². The van der Waals surface area contributed by atoms with Gasteiger partial charge in [-0.25, -0.2) is 9.79 Å². The van der Waals surface area contributed by atoms with Crippen LogP contribution in [-0.2, 0) is 32.5 Å². The van der Waals surface area contributed by atoms with Gasteiger partial charge in [0, 0.05) is 20.8 Å². The number of hydrogen-bond donors (Lipinski definition) is 0. The molecule has 0 aromatic heterocycles. The van der Waals surface area contributed by atoms with E-state index in [0.717, 1.165) is 20.8 Å². The van der Waals surface area contributed by atoms with Crippen molar-refractivity contribution in [3.63, 3.8) is 0 Å². The summed E-state index contributed by atoms with van der Waals surface area (Å²) >= 11 is 0. The second-order valence-electron chi connectivity index (χ2n) is 3.54. The van der Waals surface area contributed by atoms with Gasteiger partial charge in [0.05, 0.1) is 12.6 Å². The standard InChI is InChI=1S/C10H15NO7Si/c1-8(13)16-19(17-9(2)14,18-10(3)15)6-4-5-11-7-12/h4-6H2,1-3H3. The van der Waals surface area contributed by atoms with Crippen LogP contribution < -0.4 is 0 Å². The third-order valence-corrected chi connectivity index (χ3v) is 4.48. The molecule has 9 heteroatoms. The Morgan fingerprint density at radius 3 is 1.74 bits per heavy atom. The van der Waals surface area contributed by atoms with Gasteiger partial charge in [0.15, 0.2) is 0 Å².